The van der Waals surface area contributed by atoms with Crippen LogP contribution < -0.4 is 11.1 Å². The SMILES string of the molecule is CS(=O)(=O)CC(NC(=O)CN1CCCC1)C(N)=O. The molecule has 1 saturated heterocycles. The van der Waals surface area contributed by atoms with Crippen LogP contribution in [-0.2, 0) is 19.4 Å². The number of hydrogen-bond donors (Lipinski definition) is 2. The minimum Gasteiger partial charge on any atom is -0.368 e. The van der Waals surface area contributed by atoms with Crippen LogP contribution in [0.1, 0.15) is 12.8 Å². The van der Waals surface area contributed by atoms with Gasteiger partial charge in [-0.3, -0.25) is 14.5 Å². The lowest BCUT2D eigenvalue weighted by atomic mass is 10.3. The second-order valence-corrected chi connectivity index (χ2v) is 6.78. The largest absolute Gasteiger partial charge is 0.368 e. The molecular formula is C10H19N3O4S. The second-order valence-electron chi connectivity index (χ2n) is 4.60. The molecule has 1 atom stereocenters. The average Bonchev–Trinajstić information content (AvgIpc) is 2.66. The summed E-state index contributed by atoms with van der Waals surface area (Å²) in [5.74, 6) is -1.67. The smallest absolute Gasteiger partial charge is 0.241 e. The lowest BCUT2D eigenvalue weighted by Crippen LogP contribution is -2.50. The number of primary amides is 1. The number of carbonyl (C=O) groups excluding carboxylic acids is 2. The molecule has 0 bridgehead atoms. The number of nitrogens with zero attached hydrogens (tertiary/aromatic N) is 1. The summed E-state index contributed by atoms with van der Waals surface area (Å²) < 4.78 is 22.2. The van der Waals surface area contributed by atoms with E-state index in [0.717, 1.165) is 32.2 Å². The Morgan fingerprint density at radius 3 is 2.33 bits per heavy atom. The van der Waals surface area contributed by atoms with Crippen molar-refractivity contribution in [1.29, 1.82) is 0 Å². The van der Waals surface area contributed by atoms with Gasteiger partial charge >= 0.3 is 0 Å². The van der Waals surface area contributed by atoms with Crippen molar-refractivity contribution in [3.8, 4) is 0 Å². The van der Waals surface area contributed by atoms with Crippen LogP contribution in [0.15, 0.2) is 0 Å². The Hall–Kier alpha value is -1.15. The van der Waals surface area contributed by atoms with E-state index in [-0.39, 0.29) is 12.5 Å². The van der Waals surface area contributed by atoms with E-state index in [1.165, 1.54) is 0 Å². The Bertz CT molecular complexity index is 415. The van der Waals surface area contributed by atoms with Gasteiger partial charge in [0.25, 0.3) is 0 Å². The first-order valence-corrected chi connectivity index (χ1v) is 7.83. The highest BCUT2D eigenvalue weighted by Gasteiger charge is 2.24. The molecule has 1 fully saturated rings. The molecule has 3 N–H and O–H groups in total. The summed E-state index contributed by atoms with van der Waals surface area (Å²) in [5, 5.41) is 2.37. The van der Waals surface area contributed by atoms with Crippen molar-refractivity contribution >= 4 is 21.7 Å². The molecule has 0 aliphatic carbocycles. The number of nitrogens with two attached hydrogens (primary N) is 1. The van der Waals surface area contributed by atoms with E-state index in [4.69, 9.17) is 5.73 Å². The highest BCUT2D eigenvalue weighted by atomic mass is 32.2. The molecule has 0 aromatic carbocycles. The number of sulfone groups is 1. The number of hydrogen-bond acceptors (Lipinski definition) is 5. The minimum atomic E-state index is -3.37. The van der Waals surface area contributed by atoms with E-state index in [1.807, 2.05) is 4.90 Å². The van der Waals surface area contributed by atoms with E-state index in [1.54, 1.807) is 0 Å². The lowest BCUT2D eigenvalue weighted by Gasteiger charge is -2.18. The summed E-state index contributed by atoms with van der Waals surface area (Å²) in [4.78, 5) is 24.7. The van der Waals surface area contributed by atoms with Gasteiger partial charge in [-0.05, 0) is 25.9 Å². The maximum absolute atomic E-state index is 11.6. The molecule has 1 unspecified atom stereocenters. The van der Waals surface area contributed by atoms with Gasteiger partial charge in [0.2, 0.25) is 11.8 Å². The average molecular weight is 277 g/mol. The molecule has 104 valence electrons. The van der Waals surface area contributed by atoms with Gasteiger partial charge in [-0.25, -0.2) is 8.42 Å². The first-order valence-electron chi connectivity index (χ1n) is 5.77. The summed E-state index contributed by atoms with van der Waals surface area (Å²) in [6.45, 7) is 1.87. The van der Waals surface area contributed by atoms with Gasteiger partial charge in [-0.15, -0.1) is 0 Å². The zero-order chi connectivity index (χ0) is 13.8. The summed E-state index contributed by atoms with van der Waals surface area (Å²) in [7, 11) is -3.37. The van der Waals surface area contributed by atoms with Crippen molar-refractivity contribution in [3.05, 3.63) is 0 Å². The van der Waals surface area contributed by atoms with Gasteiger partial charge in [-0.2, -0.15) is 0 Å². The quantitative estimate of drug-likeness (QED) is 0.589. The molecular weight excluding hydrogens is 258 g/mol. The predicted molar refractivity (Wildman–Crippen MR) is 66.5 cm³/mol. The Labute approximate surface area is 107 Å². The number of nitrogens with one attached hydrogen (secondary N) is 1. The third-order valence-electron chi connectivity index (χ3n) is 2.71. The van der Waals surface area contributed by atoms with Crippen molar-refractivity contribution in [2.45, 2.75) is 18.9 Å². The van der Waals surface area contributed by atoms with Crippen LogP contribution in [0.25, 0.3) is 0 Å². The van der Waals surface area contributed by atoms with Crippen LogP contribution in [0.3, 0.4) is 0 Å². The molecule has 0 spiro atoms. The molecule has 0 aromatic heterocycles. The van der Waals surface area contributed by atoms with Crippen molar-refractivity contribution in [3.63, 3.8) is 0 Å². The molecule has 8 heteroatoms. The van der Waals surface area contributed by atoms with Crippen LogP contribution in [-0.4, -0.2) is 62.8 Å². The van der Waals surface area contributed by atoms with Crippen molar-refractivity contribution in [1.82, 2.24) is 10.2 Å². The highest BCUT2D eigenvalue weighted by Crippen LogP contribution is 2.06. The molecule has 1 heterocycles. The number of amides is 2. The predicted octanol–water partition coefficient (Wildman–Crippen LogP) is -1.90. The molecule has 18 heavy (non-hydrogen) atoms. The Morgan fingerprint density at radius 1 is 1.33 bits per heavy atom. The number of rotatable bonds is 6. The summed E-state index contributed by atoms with van der Waals surface area (Å²) >= 11 is 0. The number of carbonyl (C=O) groups is 2. The van der Waals surface area contributed by atoms with Gasteiger partial charge in [-0.1, -0.05) is 0 Å². The normalized spacial score (nSPS) is 18.5. The fourth-order valence-electron chi connectivity index (χ4n) is 1.88. The van der Waals surface area contributed by atoms with Crippen molar-refractivity contribution in [2.75, 3.05) is 31.6 Å². The third-order valence-corrected chi connectivity index (χ3v) is 3.65. The monoisotopic (exact) mass is 277 g/mol. The van der Waals surface area contributed by atoms with Crippen LogP contribution in [0.4, 0.5) is 0 Å². The van der Waals surface area contributed by atoms with Crippen molar-refractivity contribution < 1.29 is 18.0 Å². The molecule has 0 radical (unpaired) electrons. The molecule has 1 rings (SSSR count). The third kappa shape index (κ3) is 5.46. The van der Waals surface area contributed by atoms with Crippen LogP contribution in [0.2, 0.25) is 0 Å². The van der Waals surface area contributed by atoms with Gasteiger partial charge in [0.15, 0.2) is 0 Å². The van der Waals surface area contributed by atoms with Gasteiger partial charge in [0, 0.05) is 6.26 Å². The Morgan fingerprint density at radius 2 is 1.89 bits per heavy atom. The number of likely N-dealkylation sites (tertiary alicyclic amines) is 1. The van der Waals surface area contributed by atoms with Gasteiger partial charge in [0.05, 0.1) is 12.3 Å². The second kappa shape index (κ2) is 6.14. The van der Waals surface area contributed by atoms with Crippen LogP contribution in [0, 0.1) is 0 Å². The first kappa shape index (κ1) is 14.9. The molecule has 2 amide bonds. The minimum absolute atomic E-state index is 0.174. The van der Waals surface area contributed by atoms with E-state index in [2.05, 4.69) is 5.32 Å². The maximum Gasteiger partial charge on any atom is 0.241 e. The fourth-order valence-corrected chi connectivity index (χ4v) is 2.73. The van der Waals surface area contributed by atoms with Gasteiger partial charge in [0.1, 0.15) is 15.9 Å². The van der Waals surface area contributed by atoms with E-state index < -0.39 is 27.5 Å². The van der Waals surface area contributed by atoms with Crippen LogP contribution >= 0.6 is 0 Å². The molecule has 0 aromatic rings. The van der Waals surface area contributed by atoms with E-state index in [0.29, 0.717) is 0 Å². The zero-order valence-electron chi connectivity index (χ0n) is 10.4. The Kier molecular flexibility index (Phi) is 5.09. The van der Waals surface area contributed by atoms with Crippen molar-refractivity contribution in [2.24, 2.45) is 5.73 Å². The summed E-state index contributed by atoms with van der Waals surface area (Å²) in [6, 6.07) is -1.16. The van der Waals surface area contributed by atoms with E-state index in [9.17, 15) is 18.0 Å². The standard InChI is InChI=1S/C10H19N3O4S/c1-18(16,17)7-8(10(11)15)12-9(14)6-13-4-2-3-5-13/h8H,2-7H2,1H3,(H2,11,15)(H,12,14). The van der Waals surface area contributed by atoms with E-state index >= 15 is 0 Å². The maximum atomic E-state index is 11.6. The fraction of sp³-hybridized carbons (Fsp3) is 0.800. The van der Waals surface area contributed by atoms with Gasteiger partial charge < -0.3 is 11.1 Å². The zero-order valence-corrected chi connectivity index (χ0v) is 11.2. The molecule has 1 aliphatic rings. The summed E-state index contributed by atoms with van der Waals surface area (Å²) in [6.07, 6.45) is 3.10. The summed E-state index contributed by atoms with van der Waals surface area (Å²) in [5.41, 5.74) is 5.07. The first-order chi connectivity index (χ1) is 8.28. The molecule has 0 saturated carbocycles. The highest BCUT2D eigenvalue weighted by molar-refractivity contribution is 7.90. The lowest BCUT2D eigenvalue weighted by molar-refractivity contribution is -0.127. The topological polar surface area (TPSA) is 110 Å². The Balaban J connectivity index is 2.49. The van der Waals surface area contributed by atoms with Crippen LogP contribution in [0.5, 0.6) is 0 Å². The molecule has 7 nitrogen and oxygen atoms in total. The molecule has 1 aliphatic heterocycles.